The Balaban J connectivity index is 2.04. The molecule has 0 amide bonds. The lowest BCUT2D eigenvalue weighted by atomic mass is 9.69. The number of carbonyl (C=O) groups is 1. The third kappa shape index (κ3) is 1.12. The zero-order valence-electron chi connectivity index (χ0n) is 9.81. The third-order valence-electron chi connectivity index (χ3n) is 5.03. The highest BCUT2D eigenvalue weighted by Crippen LogP contribution is 2.68. The highest BCUT2D eigenvalue weighted by molar-refractivity contribution is 5.86. The fourth-order valence-corrected chi connectivity index (χ4v) is 4.82. The lowest BCUT2D eigenvalue weighted by molar-refractivity contribution is -0.126. The number of allylic oxidation sites excluding steroid dienone is 1. The number of rotatable bonds is 0. The monoisotopic (exact) mass is 204 g/mol. The van der Waals surface area contributed by atoms with Gasteiger partial charge in [-0.15, -0.1) is 0 Å². The Labute approximate surface area is 91.9 Å². The van der Waals surface area contributed by atoms with E-state index in [2.05, 4.69) is 20.4 Å². The van der Waals surface area contributed by atoms with Crippen LogP contribution in [-0.2, 0) is 4.79 Å². The maximum Gasteiger partial charge on any atom is 0.140 e. The third-order valence-corrected chi connectivity index (χ3v) is 5.03. The summed E-state index contributed by atoms with van der Waals surface area (Å²) in [6.07, 6.45) is 5.64. The Kier molecular flexibility index (Phi) is 1.64. The number of ketones is 1. The molecule has 3 fully saturated rings. The molecule has 3 aliphatic carbocycles. The van der Waals surface area contributed by atoms with Gasteiger partial charge in [0.2, 0.25) is 0 Å². The van der Waals surface area contributed by atoms with E-state index < -0.39 is 0 Å². The number of carbonyl (C=O) groups excluding carboxylic acids is 1. The summed E-state index contributed by atoms with van der Waals surface area (Å²) in [6, 6.07) is 0. The summed E-state index contributed by atoms with van der Waals surface area (Å²) in [5.74, 6) is 1.36. The second-order valence-corrected chi connectivity index (χ2v) is 6.79. The van der Waals surface area contributed by atoms with Gasteiger partial charge in [0.05, 0.1) is 0 Å². The molecule has 0 radical (unpaired) electrons. The molecule has 82 valence electrons. The molecule has 1 nitrogen and oxygen atoms in total. The minimum atomic E-state index is 0.237. The van der Waals surface area contributed by atoms with Crippen LogP contribution in [0.25, 0.3) is 0 Å². The quantitative estimate of drug-likeness (QED) is 0.553. The van der Waals surface area contributed by atoms with Crippen molar-refractivity contribution in [3.05, 3.63) is 12.2 Å². The topological polar surface area (TPSA) is 17.1 Å². The molecule has 0 saturated heterocycles. The van der Waals surface area contributed by atoms with Gasteiger partial charge in [0, 0.05) is 12.3 Å². The van der Waals surface area contributed by atoms with Crippen molar-refractivity contribution in [2.45, 2.75) is 46.0 Å². The van der Waals surface area contributed by atoms with Crippen LogP contribution in [0, 0.1) is 22.7 Å². The molecule has 0 aromatic carbocycles. The average molecular weight is 204 g/mol. The first-order chi connectivity index (χ1) is 6.94. The smallest absolute Gasteiger partial charge is 0.140 e. The van der Waals surface area contributed by atoms with E-state index in [-0.39, 0.29) is 5.92 Å². The van der Waals surface area contributed by atoms with Crippen molar-refractivity contribution in [2.75, 3.05) is 0 Å². The molecule has 3 rings (SSSR count). The molecule has 3 atom stereocenters. The molecule has 1 heteroatoms. The van der Waals surface area contributed by atoms with Crippen LogP contribution in [0.15, 0.2) is 12.2 Å². The molecule has 0 spiro atoms. The predicted octanol–water partition coefficient (Wildman–Crippen LogP) is 3.35. The van der Waals surface area contributed by atoms with Crippen molar-refractivity contribution < 1.29 is 4.79 Å². The molecule has 0 unspecified atom stereocenters. The Bertz CT molecular complexity index is 352. The van der Waals surface area contributed by atoms with Gasteiger partial charge in [-0.2, -0.15) is 0 Å². The second-order valence-electron chi connectivity index (χ2n) is 6.79. The van der Waals surface area contributed by atoms with Crippen LogP contribution >= 0.6 is 0 Å². The minimum absolute atomic E-state index is 0.237. The molecule has 0 heterocycles. The Morgan fingerprint density at radius 2 is 2.13 bits per heavy atom. The van der Waals surface area contributed by atoms with Crippen molar-refractivity contribution in [1.82, 2.24) is 0 Å². The second kappa shape index (κ2) is 2.56. The minimum Gasteiger partial charge on any atom is -0.299 e. The lowest BCUT2D eigenvalue weighted by Gasteiger charge is -2.34. The van der Waals surface area contributed by atoms with E-state index >= 15 is 0 Å². The molecule has 0 N–H and O–H groups in total. The van der Waals surface area contributed by atoms with Crippen LogP contribution < -0.4 is 0 Å². The number of hydrogen-bond acceptors (Lipinski definition) is 1. The van der Waals surface area contributed by atoms with E-state index in [4.69, 9.17) is 0 Å². The van der Waals surface area contributed by atoms with E-state index in [0.29, 0.717) is 22.5 Å². The molecular weight excluding hydrogens is 184 g/mol. The fraction of sp³-hybridized carbons (Fsp3) is 0.786. The molecule has 3 saturated carbocycles. The SMILES string of the molecule is C=C1C[C@]23CCC(=O)[C@H]1[C@@H]2CC(C)(C)C3. The zero-order chi connectivity index (χ0) is 10.8. The predicted molar refractivity (Wildman–Crippen MR) is 60.4 cm³/mol. The van der Waals surface area contributed by atoms with Gasteiger partial charge in [0.25, 0.3) is 0 Å². The van der Waals surface area contributed by atoms with E-state index in [1.807, 2.05) is 0 Å². The van der Waals surface area contributed by atoms with Crippen LogP contribution in [0.1, 0.15) is 46.0 Å². The summed E-state index contributed by atoms with van der Waals surface area (Å²) in [5, 5.41) is 0. The highest BCUT2D eigenvalue weighted by Gasteiger charge is 2.61. The largest absolute Gasteiger partial charge is 0.299 e. The fourth-order valence-electron chi connectivity index (χ4n) is 4.82. The molecule has 15 heavy (non-hydrogen) atoms. The summed E-state index contributed by atoms with van der Waals surface area (Å²) < 4.78 is 0. The summed E-state index contributed by atoms with van der Waals surface area (Å²) in [4.78, 5) is 12.0. The first-order valence-electron chi connectivity index (χ1n) is 6.14. The number of hydrogen-bond donors (Lipinski definition) is 0. The van der Waals surface area contributed by atoms with Crippen molar-refractivity contribution in [3.63, 3.8) is 0 Å². The van der Waals surface area contributed by atoms with Crippen molar-refractivity contribution in [2.24, 2.45) is 22.7 Å². The van der Waals surface area contributed by atoms with Crippen molar-refractivity contribution >= 4 is 5.78 Å². The van der Waals surface area contributed by atoms with Gasteiger partial charge in [0.1, 0.15) is 5.78 Å². The normalized spacial score (nSPS) is 47.1. The summed E-state index contributed by atoms with van der Waals surface area (Å²) in [6.45, 7) is 8.88. The van der Waals surface area contributed by atoms with Crippen molar-refractivity contribution in [3.8, 4) is 0 Å². The van der Waals surface area contributed by atoms with Crippen LogP contribution in [0.4, 0.5) is 0 Å². The van der Waals surface area contributed by atoms with Crippen LogP contribution in [0.5, 0.6) is 0 Å². The summed E-state index contributed by atoms with van der Waals surface area (Å²) in [7, 11) is 0. The van der Waals surface area contributed by atoms with Crippen LogP contribution in [0.2, 0.25) is 0 Å². The Morgan fingerprint density at radius 1 is 1.40 bits per heavy atom. The summed E-state index contributed by atoms with van der Waals surface area (Å²) in [5.41, 5.74) is 2.17. The van der Waals surface area contributed by atoms with Crippen LogP contribution in [-0.4, -0.2) is 5.78 Å². The van der Waals surface area contributed by atoms with Gasteiger partial charge in [-0.25, -0.2) is 0 Å². The van der Waals surface area contributed by atoms with Gasteiger partial charge in [-0.3, -0.25) is 4.79 Å². The highest BCUT2D eigenvalue weighted by atomic mass is 16.1. The molecule has 0 aromatic rings. The maximum atomic E-state index is 12.0. The lowest BCUT2D eigenvalue weighted by Crippen LogP contribution is -2.32. The average Bonchev–Trinajstić information content (AvgIpc) is 2.43. The van der Waals surface area contributed by atoms with Gasteiger partial charge in [-0.05, 0) is 42.4 Å². The van der Waals surface area contributed by atoms with Gasteiger partial charge in [-0.1, -0.05) is 26.0 Å². The van der Waals surface area contributed by atoms with Crippen molar-refractivity contribution in [1.29, 1.82) is 0 Å². The molecular formula is C14H20O. The van der Waals surface area contributed by atoms with E-state index in [0.717, 1.165) is 19.3 Å². The van der Waals surface area contributed by atoms with Gasteiger partial charge in [0.15, 0.2) is 0 Å². The van der Waals surface area contributed by atoms with Gasteiger partial charge >= 0.3 is 0 Å². The van der Waals surface area contributed by atoms with E-state index in [9.17, 15) is 4.79 Å². The molecule has 0 aromatic heterocycles. The van der Waals surface area contributed by atoms with Gasteiger partial charge < -0.3 is 0 Å². The Hall–Kier alpha value is -0.590. The zero-order valence-corrected chi connectivity index (χ0v) is 9.81. The first-order valence-corrected chi connectivity index (χ1v) is 6.14. The number of Topliss-reactive ketones (excluding diaryl/α,β-unsaturated/α-hetero) is 1. The standard InChI is InChI=1S/C14H20O/c1-9-6-14-5-4-11(15)12(9)10(14)7-13(2,3)8-14/h10,12H,1,4-8H2,2-3H3/t10-,12+,14-/m0/s1. The van der Waals surface area contributed by atoms with E-state index in [1.54, 1.807) is 0 Å². The maximum absolute atomic E-state index is 12.0. The first kappa shape index (κ1) is 9.62. The Morgan fingerprint density at radius 3 is 2.87 bits per heavy atom. The van der Waals surface area contributed by atoms with Crippen LogP contribution in [0.3, 0.4) is 0 Å². The molecule has 0 aliphatic heterocycles. The van der Waals surface area contributed by atoms with E-state index in [1.165, 1.54) is 18.4 Å². The molecule has 3 aliphatic rings. The molecule has 2 bridgehead atoms. The summed E-state index contributed by atoms with van der Waals surface area (Å²) >= 11 is 0.